The monoisotopic (exact) mass is 491 g/mol. The maximum Gasteiger partial charge on any atom is 0.321 e. The number of anilines is 1. The van der Waals surface area contributed by atoms with Gasteiger partial charge in [-0.1, -0.05) is 12.1 Å². The summed E-state index contributed by atoms with van der Waals surface area (Å²) < 4.78 is 10.7. The minimum Gasteiger partial charge on any atom is -0.497 e. The van der Waals surface area contributed by atoms with Crippen molar-refractivity contribution in [3.05, 3.63) is 53.6 Å². The highest BCUT2D eigenvalue weighted by atomic mass is 16.5. The van der Waals surface area contributed by atoms with Crippen LogP contribution < -0.4 is 14.8 Å². The van der Waals surface area contributed by atoms with Crippen molar-refractivity contribution in [1.82, 2.24) is 9.80 Å². The van der Waals surface area contributed by atoms with Crippen LogP contribution in [0.15, 0.2) is 42.5 Å². The molecule has 2 aromatic carbocycles. The lowest BCUT2D eigenvalue weighted by atomic mass is 9.78. The van der Waals surface area contributed by atoms with Crippen LogP contribution in [0.2, 0.25) is 0 Å². The molecule has 1 aliphatic carbocycles. The molecule has 1 unspecified atom stereocenters. The van der Waals surface area contributed by atoms with E-state index in [0.717, 1.165) is 37.9 Å². The average molecular weight is 492 g/mol. The van der Waals surface area contributed by atoms with Crippen LogP contribution in [-0.4, -0.2) is 67.9 Å². The second-order valence-electron chi connectivity index (χ2n) is 10.2. The first-order valence-electron chi connectivity index (χ1n) is 12.6. The third kappa shape index (κ3) is 4.64. The molecule has 2 heterocycles. The summed E-state index contributed by atoms with van der Waals surface area (Å²) in [6.45, 7) is 2.78. The van der Waals surface area contributed by atoms with Crippen molar-refractivity contribution in [2.45, 2.75) is 38.0 Å². The number of fused-ring (bicyclic) bond motifs is 1. The minimum absolute atomic E-state index is 0.0590. The van der Waals surface area contributed by atoms with Crippen molar-refractivity contribution in [3.8, 4) is 11.5 Å². The lowest BCUT2D eigenvalue weighted by Gasteiger charge is -2.39. The molecule has 0 radical (unpaired) electrons. The Balaban J connectivity index is 1.16. The van der Waals surface area contributed by atoms with Gasteiger partial charge in [-0.15, -0.1) is 0 Å². The second kappa shape index (κ2) is 9.84. The van der Waals surface area contributed by atoms with Crippen LogP contribution in [-0.2, 0) is 4.79 Å². The van der Waals surface area contributed by atoms with Crippen molar-refractivity contribution in [2.75, 3.05) is 45.7 Å². The van der Waals surface area contributed by atoms with Crippen LogP contribution >= 0.6 is 0 Å². The summed E-state index contributed by atoms with van der Waals surface area (Å²) in [5, 5.41) is 2.96. The molecule has 2 aliphatic heterocycles. The molecule has 0 aromatic heterocycles. The third-order valence-electron chi connectivity index (χ3n) is 8.10. The van der Waals surface area contributed by atoms with E-state index >= 15 is 0 Å². The lowest BCUT2D eigenvalue weighted by molar-refractivity contribution is -0.131. The van der Waals surface area contributed by atoms with Gasteiger partial charge in [-0.3, -0.25) is 9.59 Å². The fourth-order valence-corrected chi connectivity index (χ4v) is 5.91. The van der Waals surface area contributed by atoms with Gasteiger partial charge in [-0.2, -0.15) is 0 Å². The number of urea groups is 1. The SMILES string of the molecule is COc1ccc2c(c1)C(CC(=O)N1CCC3(CCN(C(=O)Nc4ccccc4OC)CC3)C1)CC2=O. The van der Waals surface area contributed by atoms with Crippen molar-refractivity contribution in [1.29, 1.82) is 0 Å². The number of Topliss-reactive ketones (excluding diaryl/α,β-unsaturated/α-hetero) is 1. The van der Waals surface area contributed by atoms with Crippen molar-refractivity contribution in [2.24, 2.45) is 5.41 Å². The normalized spacial score (nSPS) is 20.4. The Labute approximate surface area is 211 Å². The molecular weight excluding hydrogens is 458 g/mol. The number of para-hydroxylation sites is 2. The van der Waals surface area contributed by atoms with Crippen molar-refractivity contribution >= 4 is 23.4 Å². The summed E-state index contributed by atoms with van der Waals surface area (Å²) in [6.07, 6.45) is 3.42. The molecular formula is C28H33N3O5. The third-order valence-corrected chi connectivity index (χ3v) is 8.10. The second-order valence-corrected chi connectivity index (χ2v) is 10.2. The number of rotatable bonds is 5. The Bertz CT molecular complexity index is 1170. The van der Waals surface area contributed by atoms with Gasteiger partial charge in [0.15, 0.2) is 5.78 Å². The van der Waals surface area contributed by atoms with Crippen LogP contribution in [0.3, 0.4) is 0 Å². The first kappa shape index (κ1) is 24.2. The van der Waals surface area contributed by atoms with Gasteiger partial charge in [0.05, 0.1) is 19.9 Å². The number of piperidine rings is 1. The quantitative estimate of drug-likeness (QED) is 0.673. The smallest absolute Gasteiger partial charge is 0.321 e. The molecule has 5 rings (SSSR count). The predicted octanol–water partition coefficient (Wildman–Crippen LogP) is 4.31. The molecule has 8 nitrogen and oxygen atoms in total. The number of hydrogen-bond donors (Lipinski definition) is 1. The number of ether oxygens (including phenoxy) is 2. The summed E-state index contributed by atoms with van der Waals surface area (Å²) >= 11 is 0. The number of methoxy groups -OCH3 is 2. The minimum atomic E-state index is -0.125. The van der Waals surface area contributed by atoms with E-state index in [1.165, 1.54) is 0 Å². The molecule has 0 saturated carbocycles. The van der Waals surface area contributed by atoms with Gasteiger partial charge in [-0.25, -0.2) is 4.79 Å². The summed E-state index contributed by atoms with van der Waals surface area (Å²) in [6, 6.07) is 12.8. The number of carbonyl (C=O) groups is 3. The maximum absolute atomic E-state index is 13.2. The Morgan fingerprint density at radius 3 is 2.44 bits per heavy atom. The van der Waals surface area contributed by atoms with Crippen molar-refractivity contribution < 1.29 is 23.9 Å². The fourth-order valence-electron chi connectivity index (χ4n) is 5.91. The molecule has 1 atom stereocenters. The number of carbonyl (C=O) groups excluding carboxylic acids is 3. The summed E-state index contributed by atoms with van der Waals surface area (Å²) in [7, 11) is 3.19. The zero-order valence-electron chi connectivity index (χ0n) is 20.9. The predicted molar refractivity (Wildman–Crippen MR) is 136 cm³/mol. The molecule has 190 valence electrons. The number of hydrogen-bond acceptors (Lipinski definition) is 5. The van der Waals surface area contributed by atoms with Crippen molar-refractivity contribution in [3.63, 3.8) is 0 Å². The Morgan fingerprint density at radius 2 is 1.72 bits per heavy atom. The van der Waals surface area contributed by atoms with E-state index in [1.54, 1.807) is 20.3 Å². The first-order valence-corrected chi connectivity index (χ1v) is 12.6. The topological polar surface area (TPSA) is 88.2 Å². The van der Waals surface area contributed by atoms with Gasteiger partial charge in [0.2, 0.25) is 5.91 Å². The number of likely N-dealkylation sites (tertiary alicyclic amines) is 2. The molecule has 2 aromatic rings. The fraction of sp³-hybridized carbons (Fsp3) is 0.464. The highest BCUT2D eigenvalue weighted by Gasteiger charge is 2.43. The average Bonchev–Trinajstić information content (AvgIpc) is 3.45. The van der Waals surface area contributed by atoms with Crippen LogP contribution in [0.25, 0.3) is 0 Å². The van der Waals surface area contributed by atoms with Gasteiger partial charge < -0.3 is 24.6 Å². The molecule has 1 spiro atoms. The molecule has 8 heteroatoms. The Hall–Kier alpha value is -3.55. The largest absolute Gasteiger partial charge is 0.497 e. The number of nitrogens with one attached hydrogen (secondary N) is 1. The molecule has 36 heavy (non-hydrogen) atoms. The first-order chi connectivity index (χ1) is 17.4. The van der Waals surface area contributed by atoms with E-state index in [2.05, 4.69) is 5.32 Å². The zero-order chi connectivity index (χ0) is 25.3. The lowest BCUT2D eigenvalue weighted by Crippen LogP contribution is -2.46. The van der Waals surface area contributed by atoms with Gasteiger partial charge in [0, 0.05) is 50.5 Å². The number of amides is 3. The van der Waals surface area contributed by atoms with Gasteiger partial charge >= 0.3 is 6.03 Å². The van der Waals surface area contributed by atoms with Gasteiger partial charge in [0.25, 0.3) is 0 Å². The van der Waals surface area contributed by atoms with Crippen LogP contribution in [0.5, 0.6) is 11.5 Å². The van der Waals surface area contributed by atoms with Gasteiger partial charge in [0.1, 0.15) is 11.5 Å². The highest BCUT2D eigenvalue weighted by Crippen LogP contribution is 2.42. The highest BCUT2D eigenvalue weighted by molar-refractivity contribution is 6.02. The molecule has 0 bridgehead atoms. The van der Waals surface area contributed by atoms with E-state index in [4.69, 9.17) is 9.47 Å². The van der Waals surface area contributed by atoms with Gasteiger partial charge in [-0.05, 0) is 60.6 Å². The molecule has 3 amide bonds. The van der Waals surface area contributed by atoms with Crippen LogP contribution in [0, 0.1) is 5.41 Å². The maximum atomic E-state index is 13.2. The summed E-state index contributed by atoms with van der Waals surface area (Å²) in [4.78, 5) is 42.3. The Morgan fingerprint density at radius 1 is 1.00 bits per heavy atom. The van der Waals surface area contributed by atoms with E-state index < -0.39 is 0 Å². The molecule has 2 saturated heterocycles. The zero-order valence-corrected chi connectivity index (χ0v) is 20.9. The summed E-state index contributed by atoms with van der Waals surface area (Å²) in [5.41, 5.74) is 2.36. The Kier molecular flexibility index (Phi) is 6.60. The van der Waals surface area contributed by atoms with Crippen LogP contribution in [0.4, 0.5) is 10.5 Å². The van der Waals surface area contributed by atoms with Crippen LogP contribution in [0.1, 0.15) is 53.9 Å². The van der Waals surface area contributed by atoms with E-state index in [-0.39, 0.29) is 29.1 Å². The van der Waals surface area contributed by atoms with E-state index in [9.17, 15) is 14.4 Å². The summed E-state index contributed by atoms with van der Waals surface area (Å²) in [5.74, 6) is 1.46. The van der Waals surface area contributed by atoms with E-state index in [1.807, 2.05) is 46.2 Å². The number of benzene rings is 2. The molecule has 1 N–H and O–H groups in total. The molecule has 2 fully saturated rings. The van der Waals surface area contributed by atoms with E-state index in [0.29, 0.717) is 48.7 Å². The number of nitrogens with zero attached hydrogens (tertiary/aromatic N) is 2. The molecule has 3 aliphatic rings. The number of ketones is 1. The standard InChI is InChI=1S/C28H33N3O5/c1-35-20-7-8-21-22(17-20)19(15-24(21)32)16-26(33)31-14-11-28(18-31)9-12-30(13-10-28)27(34)29-23-5-3-4-6-25(23)36-2/h3-8,17,19H,9-16,18H2,1-2H3,(H,29,34).